The number of carbonyl (C=O) groups excluding carboxylic acids is 1. The van der Waals surface area contributed by atoms with Gasteiger partial charge in [0.2, 0.25) is 5.91 Å². The second-order valence-corrected chi connectivity index (χ2v) is 20.4. The van der Waals surface area contributed by atoms with E-state index in [1.807, 2.05) is 6.08 Å². The normalized spacial score (nSPS) is 19.8. The number of aliphatic hydroxyl groups is 5. The molecular weight excluding hydrogens is 947 g/mol. The molecule has 6 N–H and O–H groups in total. The van der Waals surface area contributed by atoms with E-state index in [0.717, 1.165) is 128 Å². The van der Waals surface area contributed by atoms with Crippen LogP contribution in [0.15, 0.2) is 134 Å². The molecule has 0 aromatic rings. The molecule has 1 saturated heterocycles. The molecule has 1 amide bonds. The molecule has 0 aliphatic carbocycles. The van der Waals surface area contributed by atoms with Gasteiger partial charge in [0.1, 0.15) is 24.4 Å². The fraction of sp³-hybridized carbons (Fsp3) is 0.657. The van der Waals surface area contributed by atoms with Gasteiger partial charge in [-0.25, -0.2) is 0 Å². The third kappa shape index (κ3) is 43.3. The van der Waals surface area contributed by atoms with Crippen molar-refractivity contribution in [3.8, 4) is 0 Å². The van der Waals surface area contributed by atoms with Gasteiger partial charge < -0.3 is 40.3 Å². The minimum absolute atomic E-state index is 0.211. The van der Waals surface area contributed by atoms with Crippen LogP contribution in [0.5, 0.6) is 0 Å². The Hall–Kier alpha value is -3.67. The zero-order chi connectivity index (χ0) is 55.0. The minimum Gasteiger partial charge on any atom is -0.394 e. The quantitative estimate of drug-likeness (QED) is 0.0261. The van der Waals surface area contributed by atoms with Crippen LogP contribution in [0.25, 0.3) is 0 Å². The minimum atomic E-state index is -1.59. The molecule has 7 atom stereocenters. The van der Waals surface area contributed by atoms with Crippen LogP contribution < -0.4 is 5.32 Å². The maximum absolute atomic E-state index is 13.1. The summed E-state index contributed by atoms with van der Waals surface area (Å²) in [5, 5.41) is 54.5. The molecule has 1 aliphatic rings. The summed E-state index contributed by atoms with van der Waals surface area (Å²) in [7, 11) is 0. The summed E-state index contributed by atoms with van der Waals surface area (Å²) in [5.41, 5.74) is 0. The monoisotopic (exact) mass is 1060 g/mol. The SMILES string of the molecule is CC/C=C\C/C=C\C/C=C\C/C=C\C/C=C\C/C=C\C/C=C\C/C=C\CCCCCCCCC(=O)NC(COC1OC(CO)C(O)C(O)C1O)C(O)/C=C/CC/C=C/CC/C=C/CCCCCCCCCCCCCC. The molecule has 7 unspecified atom stereocenters. The van der Waals surface area contributed by atoms with E-state index >= 15 is 0 Å². The van der Waals surface area contributed by atoms with E-state index in [-0.39, 0.29) is 12.5 Å². The van der Waals surface area contributed by atoms with Crippen LogP contribution in [-0.4, -0.2) is 87.5 Å². The summed E-state index contributed by atoms with van der Waals surface area (Å²) >= 11 is 0. The van der Waals surface area contributed by atoms with Crippen molar-refractivity contribution in [1.29, 1.82) is 0 Å². The summed E-state index contributed by atoms with van der Waals surface area (Å²) in [6.45, 7) is 3.63. The number of allylic oxidation sites excluding steroid dienone is 21. The standard InChI is InChI=1S/C67H111NO8/c1-3-5-7-9-11-13-15-17-19-21-23-25-27-28-29-30-31-32-33-34-35-37-39-41-43-45-47-49-51-53-55-57-63(71)68-60(59-75-67-66(74)65(73)64(72)62(58-69)76-67)61(70)56-54-52-50-48-46-44-42-40-38-36-26-24-22-20-18-16-14-12-10-8-6-4-2/h5,7,11,13,17,19,23,25,28-29,31-32,34-35,38-41,46,48,54,56,60-62,64-67,69-70,72-74H,3-4,6,8-10,12,14-16,18,20-22,24,26-27,30,33,36-37,42-45,47,49-53,55,57-59H2,1-2H3,(H,68,71)/b7-5-,13-11-,19-17-,25-23-,29-28-,32-31-,35-34-,40-38+,41-39-,48-46+,56-54+. The molecule has 1 aliphatic heterocycles. The third-order valence-corrected chi connectivity index (χ3v) is 13.4. The van der Waals surface area contributed by atoms with Gasteiger partial charge in [-0.05, 0) is 109 Å². The van der Waals surface area contributed by atoms with E-state index in [1.54, 1.807) is 6.08 Å². The summed E-state index contributed by atoms with van der Waals surface area (Å²) in [6.07, 6.45) is 76.6. The van der Waals surface area contributed by atoms with Crippen molar-refractivity contribution in [2.24, 2.45) is 0 Å². The number of rotatable bonds is 50. The van der Waals surface area contributed by atoms with Gasteiger partial charge in [-0.3, -0.25) is 4.79 Å². The van der Waals surface area contributed by atoms with Crippen LogP contribution in [-0.2, 0) is 14.3 Å². The van der Waals surface area contributed by atoms with Gasteiger partial charge in [-0.1, -0.05) is 244 Å². The van der Waals surface area contributed by atoms with E-state index in [4.69, 9.17) is 9.47 Å². The number of hydrogen-bond donors (Lipinski definition) is 6. The van der Waals surface area contributed by atoms with Gasteiger partial charge in [-0.2, -0.15) is 0 Å². The Morgan fingerprint density at radius 3 is 1.26 bits per heavy atom. The Labute approximate surface area is 464 Å². The fourth-order valence-corrected chi connectivity index (χ4v) is 8.67. The Balaban J connectivity index is 2.28. The lowest BCUT2D eigenvalue weighted by molar-refractivity contribution is -0.302. The lowest BCUT2D eigenvalue weighted by atomic mass is 9.99. The van der Waals surface area contributed by atoms with Crippen molar-refractivity contribution in [3.63, 3.8) is 0 Å². The van der Waals surface area contributed by atoms with Crippen LogP contribution in [0.1, 0.15) is 226 Å². The molecule has 432 valence electrons. The van der Waals surface area contributed by atoms with Crippen LogP contribution in [0, 0.1) is 0 Å². The van der Waals surface area contributed by atoms with Crippen molar-refractivity contribution in [1.82, 2.24) is 5.32 Å². The topological polar surface area (TPSA) is 149 Å². The van der Waals surface area contributed by atoms with Crippen LogP contribution in [0.2, 0.25) is 0 Å². The van der Waals surface area contributed by atoms with Crippen molar-refractivity contribution in [2.75, 3.05) is 13.2 Å². The Morgan fingerprint density at radius 2 is 0.829 bits per heavy atom. The molecule has 76 heavy (non-hydrogen) atoms. The van der Waals surface area contributed by atoms with Gasteiger partial charge >= 0.3 is 0 Å². The molecule has 0 radical (unpaired) electrons. The van der Waals surface area contributed by atoms with Gasteiger partial charge in [0.15, 0.2) is 6.29 Å². The van der Waals surface area contributed by atoms with Crippen LogP contribution in [0.3, 0.4) is 0 Å². The second kappa shape index (κ2) is 54.7. The average Bonchev–Trinajstić information content (AvgIpc) is 3.42. The lowest BCUT2D eigenvalue weighted by Crippen LogP contribution is -2.60. The predicted octanol–water partition coefficient (Wildman–Crippen LogP) is 15.7. The van der Waals surface area contributed by atoms with E-state index in [1.165, 1.54) is 77.0 Å². The molecule has 1 fully saturated rings. The molecule has 1 heterocycles. The Morgan fingerprint density at radius 1 is 0.461 bits per heavy atom. The number of ether oxygens (including phenoxy) is 2. The highest BCUT2D eigenvalue weighted by molar-refractivity contribution is 5.76. The highest BCUT2D eigenvalue weighted by atomic mass is 16.7. The predicted molar refractivity (Wildman–Crippen MR) is 322 cm³/mol. The van der Waals surface area contributed by atoms with E-state index in [2.05, 4.69) is 141 Å². The largest absolute Gasteiger partial charge is 0.394 e. The molecule has 0 aromatic heterocycles. The molecular formula is C67H111NO8. The number of nitrogens with one attached hydrogen (secondary N) is 1. The summed E-state index contributed by atoms with van der Waals surface area (Å²) < 4.78 is 11.3. The van der Waals surface area contributed by atoms with Crippen molar-refractivity contribution in [2.45, 2.75) is 269 Å². The van der Waals surface area contributed by atoms with Gasteiger partial charge in [-0.15, -0.1) is 0 Å². The fourth-order valence-electron chi connectivity index (χ4n) is 8.67. The first kappa shape index (κ1) is 70.3. The molecule has 0 saturated carbocycles. The number of amides is 1. The maximum Gasteiger partial charge on any atom is 0.220 e. The van der Waals surface area contributed by atoms with Gasteiger partial charge in [0, 0.05) is 6.42 Å². The summed E-state index contributed by atoms with van der Waals surface area (Å²) in [5.74, 6) is -0.211. The van der Waals surface area contributed by atoms with Crippen molar-refractivity contribution >= 4 is 5.91 Å². The molecule has 0 bridgehead atoms. The lowest BCUT2D eigenvalue weighted by Gasteiger charge is -2.40. The number of unbranched alkanes of at least 4 members (excludes halogenated alkanes) is 20. The highest BCUT2D eigenvalue weighted by Crippen LogP contribution is 2.23. The average molecular weight is 1060 g/mol. The first-order valence-electron chi connectivity index (χ1n) is 30.4. The molecule has 1 rings (SSSR count). The number of hydrogen-bond acceptors (Lipinski definition) is 8. The second-order valence-electron chi connectivity index (χ2n) is 20.4. The molecule has 9 heteroatoms. The summed E-state index contributed by atoms with van der Waals surface area (Å²) in [4.78, 5) is 13.1. The van der Waals surface area contributed by atoms with Crippen LogP contribution in [0.4, 0.5) is 0 Å². The van der Waals surface area contributed by atoms with Crippen molar-refractivity contribution < 1.29 is 39.8 Å². The summed E-state index contributed by atoms with van der Waals surface area (Å²) in [6, 6.07) is -0.848. The molecule has 9 nitrogen and oxygen atoms in total. The first-order valence-corrected chi connectivity index (χ1v) is 30.4. The number of aliphatic hydroxyl groups excluding tert-OH is 5. The Kier molecular flexibility index (Phi) is 50.6. The highest BCUT2D eigenvalue weighted by Gasteiger charge is 2.44. The van der Waals surface area contributed by atoms with Gasteiger partial charge in [0.25, 0.3) is 0 Å². The Bertz CT molecular complexity index is 1650. The first-order chi connectivity index (χ1) is 37.3. The van der Waals surface area contributed by atoms with E-state index in [9.17, 15) is 30.3 Å². The van der Waals surface area contributed by atoms with Crippen LogP contribution >= 0.6 is 0 Å². The van der Waals surface area contributed by atoms with Gasteiger partial charge in [0.05, 0.1) is 25.4 Å². The zero-order valence-corrected chi connectivity index (χ0v) is 48.0. The molecule has 0 aromatic carbocycles. The zero-order valence-electron chi connectivity index (χ0n) is 48.0. The smallest absolute Gasteiger partial charge is 0.220 e. The van der Waals surface area contributed by atoms with E-state index in [0.29, 0.717) is 6.42 Å². The maximum atomic E-state index is 13.1. The third-order valence-electron chi connectivity index (χ3n) is 13.4. The van der Waals surface area contributed by atoms with Crippen molar-refractivity contribution in [3.05, 3.63) is 134 Å². The van der Waals surface area contributed by atoms with E-state index < -0.39 is 49.5 Å². The number of carbonyl (C=O) groups is 1. The molecule has 0 spiro atoms.